The van der Waals surface area contributed by atoms with E-state index in [-0.39, 0.29) is 28.7 Å². The summed E-state index contributed by atoms with van der Waals surface area (Å²) in [7, 11) is -4.10. The van der Waals surface area contributed by atoms with Gasteiger partial charge < -0.3 is 4.90 Å². The van der Waals surface area contributed by atoms with Crippen LogP contribution < -0.4 is 9.21 Å². The monoisotopic (exact) mass is 441 g/mol. The van der Waals surface area contributed by atoms with Crippen LogP contribution in [0.15, 0.2) is 47.4 Å². The van der Waals surface area contributed by atoms with Crippen LogP contribution in [0.25, 0.3) is 0 Å². The zero-order valence-corrected chi connectivity index (χ0v) is 18.7. The molecular weight excluding hydrogens is 414 g/mol. The first-order valence-corrected chi connectivity index (χ1v) is 12.0. The summed E-state index contributed by atoms with van der Waals surface area (Å²) in [5.74, 6) is -0.162. The number of sulfonamides is 1. The summed E-state index contributed by atoms with van der Waals surface area (Å²) in [4.78, 5) is 29.7. The number of hydrogen-bond acceptors (Lipinski definition) is 4. The van der Waals surface area contributed by atoms with E-state index >= 15 is 0 Å². The molecule has 2 aromatic rings. The lowest BCUT2D eigenvalue weighted by atomic mass is 10.1. The molecule has 8 heteroatoms. The Labute approximate surface area is 183 Å². The summed E-state index contributed by atoms with van der Waals surface area (Å²) < 4.78 is 27.6. The topological polar surface area (TPSA) is 78.0 Å². The van der Waals surface area contributed by atoms with Gasteiger partial charge in [-0.15, -0.1) is 0 Å². The van der Waals surface area contributed by atoms with Crippen molar-refractivity contribution < 1.29 is 18.0 Å². The van der Waals surface area contributed by atoms with Crippen molar-refractivity contribution in [1.29, 1.82) is 0 Å². The Morgan fingerprint density at radius 2 is 1.55 bits per heavy atom. The van der Waals surface area contributed by atoms with Crippen molar-refractivity contribution in [2.24, 2.45) is 0 Å². The Balaban J connectivity index is 1.76. The predicted molar refractivity (Wildman–Crippen MR) is 120 cm³/mol. The molecule has 3 amide bonds. The van der Waals surface area contributed by atoms with E-state index in [1.165, 1.54) is 11.0 Å². The van der Waals surface area contributed by atoms with Crippen molar-refractivity contribution in [1.82, 2.24) is 4.90 Å². The summed E-state index contributed by atoms with van der Waals surface area (Å²) >= 11 is 0. The van der Waals surface area contributed by atoms with Crippen LogP contribution in [0, 0.1) is 13.8 Å². The van der Waals surface area contributed by atoms with E-state index in [4.69, 9.17) is 0 Å². The van der Waals surface area contributed by atoms with Crippen molar-refractivity contribution in [3.05, 3.63) is 53.6 Å². The second kappa shape index (κ2) is 8.34. The molecule has 0 aliphatic carbocycles. The maximum Gasteiger partial charge on any atom is 0.343 e. The molecule has 0 N–H and O–H groups in total. The molecule has 0 atom stereocenters. The number of rotatable bonds is 3. The third-order valence-electron chi connectivity index (χ3n) is 5.77. The molecule has 0 spiro atoms. The molecule has 2 aliphatic heterocycles. The highest BCUT2D eigenvalue weighted by molar-refractivity contribution is 7.94. The van der Waals surface area contributed by atoms with Crippen LogP contribution in [0.4, 0.5) is 16.2 Å². The lowest BCUT2D eigenvalue weighted by Crippen LogP contribution is -2.54. The zero-order chi connectivity index (χ0) is 22.2. The number of carbonyl (C=O) groups excluding carboxylic acids is 2. The maximum absolute atomic E-state index is 13.5. The highest BCUT2D eigenvalue weighted by Crippen LogP contribution is 2.37. The number of nitrogens with zero attached hydrogens (tertiary/aromatic N) is 3. The first-order valence-electron chi connectivity index (χ1n) is 10.6. The van der Waals surface area contributed by atoms with Crippen LogP contribution in [-0.2, 0) is 14.8 Å². The molecule has 4 rings (SSSR count). The van der Waals surface area contributed by atoms with E-state index in [0.717, 1.165) is 41.1 Å². The SMILES string of the molecule is Cc1cc(C)cc(N2C(=O)N(CC(=O)N3CCCCCC3)c3ccccc3S2(=O)=O)c1. The molecule has 0 unspecified atom stereocenters. The number of anilines is 2. The van der Waals surface area contributed by atoms with Gasteiger partial charge in [0, 0.05) is 13.1 Å². The molecule has 2 aromatic carbocycles. The van der Waals surface area contributed by atoms with E-state index in [1.54, 1.807) is 35.2 Å². The predicted octanol–water partition coefficient (Wildman–Crippen LogP) is 3.84. The number of aryl methyl sites for hydroxylation is 2. The van der Waals surface area contributed by atoms with Crippen molar-refractivity contribution in [3.8, 4) is 0 Å². The van der Waals surface area contributed by atoms with Crippen molar-refractivity contribution in [3.63, 3.8) is 0 Å². The Kier molecular flexibility index (Phi) is 5.75. The lowest BCUT2D eigenvalue weighted by Gasteiger charge is -2.36. The average Bonchev–Trinajstić information content (AvgIpc) is 3.00. The van der Waals surface area contributed by atoms with Crippen molar-refractivity contribution >= 4 is 33.3 Å². The van der Waals surface area contributed by atoms with E-state index in [0.29, 0.717) is 13.1 Å². The standard InChI is InChI=1S/C23H27N3O4S/c1-17-13-18(2)15-19(14-17)26-23(28)25(16-22(27)24-11-7-3-4-8-12-24)20-9-5-6-10-21(20)31(26,29)30/h5-6,9-10,13-15H,3-4,7-8,11-12,16H2,1-2H3. The van der Waals surface area contributed by atoms with Gasteiger partial charge in [-0.1, -0.05) is 31.0 Å². The average molecular weight is 442 g/mol. The third kappa shape index (κ3) is 4.04. The van der Waals surface area contributed by atoms with Gasteiger partial charge in [-0.2, -0.15) is 4.31 Å². The van der Waals surface area contributed by atoms with Gasteiger partial charge in [0.15, 0.2) is 0 Å². The first-order chi connectivity index (χ1) is 14.8. The van der Waals surface area contributed by atoms with Crippen LogP contribution >= 0.6 is 0 Å². The van der Waals surface area contributed by atoms with Gasteiger partial charge >= 0.3 is 6.03 Å². The van der Waals surface area contributed by atoms with Crippen molar-refractivity contribution in [2.75, 3.05) is 28.8 Å². The summed E-state index contributed by atoms with van der Waals surface area (Å²) in [5.41, 5.74) is 2.23. The Hall–Kier alpha value is -2.87. The molecule has 0 saturated carbocycles. The number of benzene rings is 2. The molecule has 2 aliphatic rings. The van der Waals surface area contributed by atoms with E-state index in [2.05, 4.69) is 0 Å². The molecule has 0 bridgehead atoms. The fourth-order valence-corrected chi connectivity index (χ4v) is 5.91. The van der Waals surface area contributed by atoms with Gasteiger partial charge in [0.2, 0.25) is 5.91 Å². The quantitative estimate of drug-likeness (QED) is 0.725. The molecule has 7 nitrogen and oxygen atoms in total. The molecule has 0 aromatic heterocycles. The van der Waals surface area contributed by atoms with Crippen LogP contribution in [-0.4, -0.2) is 44.9 Å². The molecular formula is C23H27N3O4S. The highest BCUT2D eigenvalue weighted by Gasteiger charge is 2.43. The van der Waals surface area contributed by atoms with Gasteiger partial charge in [0.25, 0.3) is 10.0 Å². The third-order valence-corrected chi connectivity index (χ3v) is 7.52. The van der Waals surface area contributed by atoms with Crippen molar-refractivity contribution in [2.45, 2.75) is 44.4 Å². The van der Waals surface area contributed by atoms with Gasteiger partial charge in [-0.25, -0.2) is 13.2 Å². The number of fused-ring (bicyclic) bond motifs is 1. The van der Waals surface area contributed by atoms with E-state index in [9.17, 15) is 18.0 Å². The van der Waals surface area contributed by atoms with E-state index < -0.39 is 16.1 Å². The molecule has 0 radical (unpaired) electrons. The largest absolute Gasteiger partial charge is 0.343 e. The number of hydrogen-bond donors (Lipinski definition) is 0. The van der Waals surface area contributed by atoms with Gasteiger partial charge in [0.05, 0.1) is 11.4 Å². The van der Waals surface area contributed by atoms with Gasteiger partial charge in [0.1, 0.15) is 11.4 Å². The number of amides is 3. The Morgan fingerprint density at radius 3 is 2.19 bits per heavy atom. The lowest BCUT2D eigenvalue weighted by molar-refractivity contribution is -0.129. The summed E-state index contributed by atoms with van der Waals surface area (Å²) in [6.45, 7) is 4.86. The van der Waals surface area contributed by atoms with Gasteiger partial charge in [-0.3, -0.25) is 9.69 Å². The molecule has 1 saturated heterocycles. The fourth-order valence-electron chi connectivity index (χ4n) is 4.34. The molecule has 31 heavy (non-hydrogen) atoms. The fraction of sp³-hybridized carbons (Fsp3) is 0.391. The molecule has 164 valence electrons. The smallest absolute Gasteiger partial charge is 0.341 e. The van der Waals surface area contributed by atoms with Crippen LogP contribution in [0.5, 0.6) is 0 Å². The van der Waals surface area contributed by atoms with Crippen LogP contribution in [0.1, 0.15) is 36.8 Å². The van der Waals surface area contributed by atoms with Crippen LogP contribution in [0.3, 0.4) is 0 Å². The normalized spacial score (nSPS) is 18.5. The summed E-state index contributed by atoms with van der Waals surface area (Å²) in [5, 5.41) is 0. The number of para-hydroxylation sites is 1. The second-order valence-electron chi connectivity index (χ2n) is 8.25. The number of urea groups is 1. The minimum atomic E-state index is -4.10. The van der Waals surface area contributed by atoms with E-state index in [1.807, 2.05) is 19.9 Å². The summed E-state index contributed by atoms with van der Waals surface area (Å²) in [6.07, 6.45) is 4.07. The summed E-state index contributed by atoms with van der Waals surface area (Å²) in [6, 6.07) is 10.9. The maximum atomic E-state index is 13.5. The number of likely N-dealkylation sites (tertiary alicyclic amines) is 1. The minimum absolute atomic E-state index is 0.0254. The molecule has 1 fully saturated rings. The zero-order valence-electron chi connectivity index (χ0n) is 17.9. The minimum Gasteiger partial charge on any atom is -0.341 e. The molecule has 2 heterocycles. The first kappa shape index (κ1) is 21.4. The second-order valence-corrected chi connectivity index (χ2v) is 10.0. The van der Waals surface area contributed by atoms with Gasteiger partial charge in [-0.05, 0) is 62.1 Å². The number of carbonyl (C=O) groups is 2. The highest BCUT2D eigenvalue weighted by atomic mass is 32.2. The Morgan fingerprint density at radius 1 is 0.935 bits per heavy atom. The van der Waals surface area contributed by atoms with Crippen LogP contribution in [0.2, 0.25) is 0 Å². The Bertz CT molecular complexity index is 1100.